The average Bonchev–Trinajstić information content (AvgIpc) is 3.45. The minimum atomic E-state index is -3.99. The maximum Gasteiger partial charge on any atom is 0.242 e. The molecule has 1 unspecified atom stereocenters. The summed E-state index contributed by atoms with van der Waals surface area (Å²) in [4.78, 5) is 22.2. The van der Waals surface area contributed by atoms with E-state index in [0.29, 0.717) is 42.3 Å². The molecular formula is C22H26N6O3S. The number of amides is 1. The molecule has 32 heavy (non-hydrogen) atoms. The fourth-order valence-corrected chi connectivity index (χ4v) is 5.50. The van der Waals surface area contributed by atoms with Crippen molar-refractivity contribution >= 4 is 27.0 Å². The summed E-state index contributed by atoms with van der Waals surface area (Å²) >= 11 is 0. The van der Waals surface area contributed by atoms with Gasteiger partial charge in [0.15, 0.2) is 0 Å². The first-order chi connectivity index (χ1) is 15.4. The quantitative estimate of drug-likeness (QED) is 0.567. The molecule has 0 aromatic carbocycles. The van der Waals surface area contributed by atoms with E-state index in [1.165, 1.54) is 12.3 Å². The highest BCUT2D eigenvalue weighted by Gasteiger charge is 2.31. The van der Waals surface area contributed by atoms with Crippen molar-refractivity contribution in [1.82, 2.24) is 24.2 Å². The predicted octanol–water partition coefficient (Wildman–Crippen LogP) is 2.23. The summed E-state index contributed by atoms with van der Waals surface area (Å²) in [6, 6.07) is 7.69. The van der Waals surface area contributed by atoms with Crippen LogP contribution in [0.4, 0.5) is 0 Å². The summed E-state index contributed by atoms with van der Waals surface area (Å²) in [5.41, 5.74) is 0.931. The molecule has 0 spiro atoms. The van der Waals surface area contributed by atoms with E-state index in [0.717, 1.165) is 12.8 Å². The summed E-state index contributed by atoms with van der Waals surface area (Å²) in [6.07, 6.45) is 6.84. The zero-order valence-corrected chi connectivity index (χ0v) is 18.7. The second kappa shape index (κ2) is 9.14. The topological polar surface area (TPSA) is 124 Å². The van der Waals surface area contributed by atoms with Gasteiger partial charge in [0.1, 0.15) is 23.5 Å². The van der Waals surface area contributed by atoms with Gasteiger partial charge >= 0.3 is 0 Å². The van der Waals surface area contributed by atoms with E-state index in [-0.39, 0.29) is 17.2 Å². The molecule has 0 aliphatic carbocycles. The number of nitrogens with one attached hydrogen (secondary N) is 2. The van der Waals surface area contributed by atoms with Crippen molar-refractivity contribution in [2.45, 2.75) is 43.7 Å². The molecule has 0 saturated carbocycles. The number of piperidine rings is 1. The number of hydrogen-bond acceptors (Lipinski definition) is 5. The van der Waals surface area contributed by atoms with Crippen molar-refractivity contribution < 1.29 is 13.2 Å². The Morgan fingerprint density at radius 1 is 1.34 bits per heavy atom. The van der Waals surface area contributed by atoms with E-state index >= 15 is 0 Å². The molecule has 1 amide bonds. The van der Waals surface area contributed by atoms with Gasteiger partial charge in [-0.25, -0.2) is 13.4 Å². The molecule has 0 bridgehead atoms. The summed E-state index contributed by atoms with van der Waals surface area (Å²) in [5.74, 6) is 0.316. The van der Waals surface area contributed by atoms with Gasteiger partial charge in [-0.2, -0.15) is 9.98 Å². The molecular weight excluding hydrogens is 428 g/mol. The van der Waals surface area contributed by atoms with Gasteiger partial charge in [0.25, 0.3) is 0 Å². The Morgan fingerprint density at radius 3 is 2.88 bits per heavy atom. The number of nitriles is 1. The van der Waals surface area contributed by atoms with E-state index in [9.17, 15) is 18.5 Å². The molecule has 168 valence electrons. The first-order valence-corrected chi connectivity index (χ1v) is 12.2. The third-order valence-corrected chi connectivity index (χ3v) is 7.53. The molecule has 4 heterocycles. The van der Waals surface area contributed by atoms with Crippen LogP contribution in [0.1, 0.15) is 31.9 Å². The van der Waals surface area contributed by atoms with Crippen molar-refractivity contribution in [1.29, 1.82) is 5.26 Å². The molecule has 3 aromatic rings. The van der Waals surface area contributed by atoms with Crippen molar-refractivity contribution in [3.8, 4) is 6.07 Å². The number of rotatable bonds is 7. The number of aromatic amines is 1. The lowest BCUT2D eigenvalue weighted by Crippen LogP contribution is -2.50. The lowest BCUT2D eigenvalue weighted by atomic mass is 9.98. The highest BCUT2D eigenvalue weighted by Crippen LogP contribution is 2.22. The van der Waals surface area contributed by atoms with Gasteiger partial charge in [-0.1, -0.05) is 6.92 Å². The summed E-state index contributed by atoms with van der Waals surface area (Å²) < 4.78 is 31.0. The van der Waals surface area contributed by atoms with Crippen molar-refractivity contribution in [2.24, 2.45) is 5.92 Å². The first-order valence-electron chi connectivity index (χ1n) is 10.7. The van der Waals surface area contributed by atoms with E-state index in [1.54, 1.807) is 40.1 Å². The SMILES string of the molecule is CC1CCN(C(=O)C(CCn2cccc2C#N)NS(=O)(=O)c2ccnc3[nH]ccc23)CC1. The summed E-state index contributed by atoms with van der Waals surface area (Å²) in [5, 5.41) is 9.73. The third-order valence-electron chi connectivity index (χ3n) is 6.00. The van der Waals surface area contributed by atoms with Crippen LogP contribution in [-0.4, -0.2) is 52.9 Å². The van der Waals surface area contributed by atoms with Crippen molar-refractivity contribution in [2.75, 3.05) is 13.1 Å². The van der Waals surface area contributed by atoms with Gasteiger partial charge in [0, 0.05) is 43.6 Å². The molecule has 2 N–H and O–H groups in total. The number of aryl methyl sites for hydroxylation is 1. The number of pyridine rings is 1. The van der Waals surface area contributed by atoms with Crippen LogP contribution < -0.4 is 4.72 Å². The number of nitrogens with zero attached hydrogens (tertiary/aromatic N) is 4. The number of aromatic nitrogens is 3. The minimum Gasteiger partial charge on any atom is -0.346 e. The van der Waals surface area contributed by atoms with E-state index < -0.39 is 16.1 Å². The van der Waals surface area contributed by atoms with Crippen LogP contribution in [0, 0.1) is 17.2 Å². The minimum absolute atomic E-state index is 0.0764. The van der Waals surface area contributed by atoms with Crippen LogP contribution in [0.3, 0.4) is 0 Å². The maximum atomic E-state index is 13.3. The molecule has 9 nitrogen and oxygen atoms in total. The number of H-pyrrole nitrogens is 1. The molecule has 3 aromatic heterocycles. The molecule has 0 radical (unpaired) electrons. The van der Waals surface area contributed by atoms with Gasteiger partial charge in [0.2, 0.25) is 15.9 Å². The predicted molar refractivity (Wildman–Crippen MR) is 119 cm³/mol. The van der Waals surface area contributed by atoms with Crippen molar-refractivity contribution in [3.63, 3.8) is 0 Å². The van der Waals surface area contributed by atoms with E-state index in [2.05, 4.69) is 27.7 Å². The number of likely N-dealkylation sites (tertiary alicyclic amines) is 1. The molecule has 1 atom stereocenters. The molecule has 1 fully saturated rings. The molecule has 1 saturated heterocycles. The van der Waals surface area contributed by atoms with Gasteiger partial charge in [-0.3, -0.25) is 4.79 Å². The summed E-state index contributed by atoms with van der Waals surface area (Å²) in [6.45, 7) is 3.73. The molecule has 1 aliphatic rings. The van der Waals surface area contributed by atoms with Crippen LogP contribution in [0.5, 0.6) is 0 Å². The number of sulfonamides is 1. The normalized spacial score (nSPS) is 16.2. The van der Waals surface area contributed by atoms with E-state index in [4.69, 9.17) is 0 Å². The Labute approximate surface area is 187 Å². The number of carbonyl (C=O) groups is 1. The number of carbonyl (C=O) groups excluding carboxylic acids is 1. The summed E-state index contributed by atoms with van der Waals surface area (Å²) in [7, 11) is -3.99. The smallest absolute Gasteiger partial charge is 0.242 e. The first kappa shape index (κ1) is 22.0. The maximum absolute atomic E-state index is 13.3. The Balaban J connectivity index is 1.60. The van der Waals surface area contributed by atoms with Gasteiger partial charge in [0.05, 0.1) is 4.90 Å². The Bertz CT molecular complexity index is 1250. The second-order valence-electron chi connectivity index (χ2n) is 8.22. The standard InChI is InChI=1S/C22H26N6O3S/c1-16-6-12-28(13-7-16)22(29)19(8-14-27-11-2-3-17(27)15-23)26-32(30,31)20-5-10-25-21-18(20)4-9-24-21/h2-5,9-11,16,19,26H,6-8,12-14H2,1H3,(H,24,25). The van der Waals surface area contributed by atoms with Crippen LogP contribution in [-0.2, 0) is 21.4 Å². The van der Waals surface area contributed by atoms with Gasteiger partial charge in [-0.05, 0) is 49.4 Å². The highest BCUT2D eigenvalue weighted by atomic mass is 32.2. The Hall–Kier alpha value is -3.16. The fraction of sp³-hybridized carbons (Fsp3) is 0.409. The van der Waals surface area contributed by atoms with Gasteiger partial charge < -0.3 is 14.5 Å². The molecule has 4 rings (SSSR count). The van der Waals surface area contributed by atoms with Crippen LogP contribution >= 0.6 is 0 Å². The highest BCUT2D eigenvalue weighted by molar-refractivity contribution is 7.89. The second-order valence-corrected chi connectivity index (χ2v) is 9.90. The Kier molecular flexibility index (Phi) is 6.30. The molecule has 10 heteroatoms. The fourth-order valence-electron chi connectivity index (χ4n) is 4.08. The Morgan fingerprint density at radius 2 is 2.12 bits per heavy atom. The largest absolute Gasteiger partial charge is 0.346 e. The number of hydrogen-bond donors (Lipinski definition) is 2. The number of fused-ring (bicyclic) bond motifs is 1. The lowest BCUT2D eigenvalue weighted by Gasteiger charge is -2.33. The van der Waals surface area contributed by atoms with E-state index in [1.807, 2.05) is 0 Å². The van der Waals surface area contributed by atoms with Crippen LogP contribution in [0.25, 0.3) is 11.0 Å². The van der Waals surface area contributed by atoms with Crippen molar-refractivity contribution in [3.05, 3.63) is 48.5 Å². The zero-order chi connectivity index (χ0) is 22.7. The van der Waals surface area contributed by atoms with Crippen LogP contribution in [0.2, 0.25) is 0 Å². The zero-order valence-electron chi connectivity index (χ0n) is 17.9. The molecule has 1 aliphatic heterocycles. The van der Waals surface area contributed by atoms with Crippen LogP contribution in [0.15, 0.2) is 47.8 Å². The van der Waals surface area contributed by atoms with Gasteiger partial charge in [-0.15, -0.1) is 0 Å². The average molecular weight is 455 g/mol. The lowest BCUT2D eigenvalue weighted by molar-refractivity contribution is -0.134. The monoisotopic (exact) mass is 454 g/mol. The third kappa shape index (κ3) is 4.54.